The van der Waals surface area contributed by atoms with Gasteiger partial charge in [0.1, 0.15) is 0 Å². The fourth-order valence-corrected chi connectivity index (χ4v) is 1.98. The summed E-state index contributed by atoms with van der Waals surface area (Å²) in [4.78, 5) is 2.27. The molecule has 1 N–H and O–H groups in total. The van der Waals surface area contributed by atoms with Gasteiger partial charge in [0.15, 0.2) is 0 Å². The molecule has 0 bridgehead atoms. The Kier molecular flexibility index (Phi) is 4.79. The lowest BCUT2D eigenvalue weighted by atomic mass is 9.99. The summed E-state index contributed by atoms with van der Waals surface area (Å²) in [7, 11) is 0. The molecule has 0 fully saturated rings. The summed E-state index contributed by atoms with van der Waals surface area (Å²) in [6, 6.07) is 0. The standard InChI is InChI=1S/C13H21NO/c1-4-6-13-7-8-14(9-11(3)15)10-12(13)5-2/h4-6,11,15H,2,7-10H2,1,3H3/b6-4-. The molecule has 1 atom stereocenters. The molecule has 0 saturated carbocycles. The molecule has 1 aliphatic rings. The molecule has 0 aromatic carbocycles. The number of rotatable bonds is 4. The summed E-state index contributed by atoms with van der Waals surface area (Å²) in [5, 5.41) is 9.34. The van der Waals surface area contributed by atoms with Crippen LogP contribution in [0.1, 0.15) is 20.3 Å². The zero-order valence-corrected chi connectivity index (χ0v) is 9.74. The lowest BCUT2D eigenvalue weighted by Gasteiger charge is -2.29. The zero-order chi connectivity index (χ0) is 11.3. The van der Waals surface area contributed by atoms with E-state index in [-0.39, 0.29) is 6.10 Å². The number of hydrogen-bond donors (Lipinski definition) is 1. The minimum Gasteiger partial charge on any atom is -0.392 e. The lowest BCUT2D eigenvalue weighted by Crippen LogP contribution is -2.36. The number of allylic oxidation sites excluding steroid dienone is 2. The van der Waals surface area contributed by atoms with Gasteiger partial charge in [-0.15, -0.1) is 0 Å². The summed E-state index contributed by atoms with van der Waals surface area (Å²) < 4.78 is 0. The Hall–Kier alpha value is -0.860. The number of aliphatic hydroxyl groups is 1. The molecule has 1 unspecified atom stereocenters. The molecule has 1 aliphatic heterocycles. The molecule has 0 saturated heterocycles. The van der Waals surface area contributed by atoms with E-state index in [4.69, 9.17) is 0 Å². The van der Waals surface area contributed by atoms with Crippen molar-refractivity contribution in [3.8, 4) is 0 Å². The van der Waals surface area contributed by atoms with E-state index in [0.29, 0.717) is 0 Å². The van der Waals surface area contributed by atoms with Crippen LogP contribution in [0.5, 0.6) is 0 Å². The Labute approximate surface area is 92.6 Å². The molecule has 0 aromatic rings. The third kappa shape index (κ3) is 3.65. The van der Waals surface area contributed by atoms with E-state index in [1.165, 1.54) is 11.1 Å². The van der Waals surface area contributed by atoms with Crippen molar-refractivity contribution in [3.63, 3.8) is 0 Å². The Morgan fingerprint density at radius 1 is 1.53 bits per heavy atom. The third-order valence-electron chi connectivity index (χ3n) is 2.64. The Morgan fingerprint density at radius 3 is 2.80 bits per heavy atom. The van der Waals surface area contributed by atoms with Crippen LogP contribution in [0.4, 0.5) is 0 Å². The number of nitrogens with zero attached hydrogens (tertiary/aromatic N) is 1. The van der Waals surface area contributed by atoms with Gasteiger partial charge in [-0.1, -0.05) is 24.8 Å². The molecule has 2 nitrogen and oxygen atoms in total. The highest BCUT2D eigenvalue weighted by molar-refractivity contribution is 5.35. The van der Waals surface area contributed by atoms with Crippen molar-refractivity contribution in [2.75, 3.05) is 19.6 Å². The molecular weight excluding hydrogens is 186 g/mol. The monoisotopic (exact) mass is 207 g/mol. The minimum atomic E-state index is -0.251. The van der Waals surface area contributed by atoms with Gasteiger partial charge in [-0.25, -0.2) is 0 Å². The van der Waals surface area contributed by atoms with Crippen LogP contribution < -0.4 is 0 Å². The minimum absolute atomic E-state index is 0.251. The largest absolute Gasteiger partial charge is 0.392 e. The number of aliphatic hydroxyl groups excluding tert-OH is 1. The van der Waals surface area contributed by atoms with Gasteiger partial charge >= 0.3 is 0 Å². The molecular formula is C13H21NO. The Morgan fingerprint density at radius 2 is 2.27 bits per heavy atom. The topological polar surface area (TPSA) is 23.5 Å². The summed E-state index contributed by atoms with van der Waals surface area (Å²) in [6.45, 7) is 10.4. The maximum atomic E-state index is 9.34. The highest BCUT2D eigenvalue weighted by Gasteiger charge is 2.16. The van der Waals surface area contributed by atoms with Crippen molar-refractivity contribution in [2.45, 2.75) is 26.4 Å². The summed E-state index contributed by atoms with van der Waals surface area (Å²) in [5.41, 5.74) is 2.68. The summed E-state index contributed by atoms with van der Waals surface area (Å²) in [5.74, 6) is 0. The van der Waals surface area contributed by atoms with E-state index in [9.17, 15) is 5.11 Å². The second kappa shape index (κ2) is 5.89. The van der Waals surface area contributed by atoms with Crippen molar-refractivity contribution in [1.82, 2.24) is 4.90 Å². The maximum Gasteiger partial charge on any atom is 0.0639 e. The van der Waals surface area contributed by atoms with E-state index in [2.05, 4.69) is 23.6 Å². The van der Waals surface area contributed by atoms with Crippen molar-refractivity contribution in [2.24, 2.45) is 0 Å². The fourth-order valence-electron chi connectivity index (χ4n) is 1.98. The second-order valence-corrected chi connectivity index (χ2v) is 4.09. The first-order chi connectivity index (χ1) is 7.17. The van der Waals surface area contributed by atoms with Crippen LogP contribution in [0.25, 0.3) is 0 Å². The van der Waals surface area contributed by atoms with Gasteiger partial charge in [0.2, 0.25) is 0 Å². The molecule has 0 radical (unpaired) electrons. The molecule has 0 spiro atoms. The Balaban J connectivity index is 2.68. The van der Waals surface area contributed by atoms with Gasteiger partial charge in [0.05, 0.1) is 6.10 Å². The van der Waals surface area contributed by atoms with Crippen molar-refractivity contribution < 1.29 is 5.11 Å². The summed E-state index contributed by atoms with van der Waals surface area (Å²) >= 11 is 0. The predicted molar refractivity (Wildman–Crippen MR) is 64.8 cm³/mol. The fraction of sp³-hybridized carbons (Fsp3) is 0.538. The smallest absolute Gasteiger partial charge is 0.0639 e. The van der Waals surface area contributed by atoms with Gasteiger partial charge in [-0.2, -0.15) is 0 Å². The van der Waals surface area contributed by atoms with Crippen LogP contribution in [0.2, 0.25) is 0 Å². The molecule has 15 heavy (non-hydrogen) atoms. The highest BCUT2D eigenvalue weighted by atomic mass is 16.3. The molecule has 1 rings (SSSR count). The van der Waals surface area contributed by atoms with Crippen molar-refractivity contribution in [3.05, 3.63) is 36.0 Å². The average molecular weight is 207 g/mol. The van der Waals surface area contributed by atoms with Gasteiger partial charge in [-0.3, -0.25) is 4.90 Å². The SMILES string of the molecule is C=CC1=C(/C=C\C)CCN(CC(C)O)C1. The predicted octanol–water partition coefficient (Wildman–Crippen LogP) is 2.13. The molecule has 0 aromatic heterocycles. The highest BCUT2D eigenvalue weighted by Crippen LogP contribution is 2.19. The van der Waals surface area contributed by atoms with Crippen LogP contribution >= 0.6 is 0 Å². The van der Waals surface area contributed by atoms with Crippen LogP contribution in [0.15, 0.2) is 36.0 Å². The molecule has 84 valence electrons. The first kappa shape index (κ1) is 12.2. The van der Waals surface area contributed by atoms with E-state index in [0.717, 1.165) is 26.1 Å². The van der Waals surface area contributed by atoms with Crippen molar-refractivity contribution in [1.29, 1.82) is 0 Å². The Bertz CT molecular complexity index is 276. The first-order valence-corrected chi connectivity index (χ1v) is 5.55. The van der Waals surface area contributed by atoms with Crippen LogP contribution in [-0.2, 0) is 0 Å². The van der Waals surface area contributed by atoms with E-state index < -0.39 is 0 Å². The normalized spacial score (nSPS) is 21.0. The van der Waals surface area contributed by atoms with Gasteiger partial charge in [0, 0.05) is 19.6 Å². The zero-order valence-electron chi connectivity index (χ0n) is 9.74. The van der Waals surface area contributed by atoms with Crippen LogP contribution in [0, 0.1) is 0 Å². The van der Waals surface area contributed by atoms with E-state index in [1.807, 2.05) is 19.9 Å². The van der Waals surface area contributed by atoms with Crippen LogP contribution in [0.3, 0.4) is 0 Å². The second-order valence-electron chi connectivity index (χ2n) is 4.09. The van der Waals surface area contributed by atoms with Crippen LogP contribution in [-0.4, -0.2) is 35.7 Å². The van der Waals surface area contributed by atoms with Gasteiger partial charge in [-0.05, 0) is 31.4 Å². The molecule has 0 aliphatic carbocycles. The first-order valence-electron chi connectivity index (χ1n) is 5.55. The van der Waals surface area contributed by atoms with E-state index in [1.54, 1.807) is 0 Å². The lowest BCUT2D eigenvalue weighted by molar-refractivity contribution is 0.130. The summed E-state index contributed by atoms with van der Waals surface area (Å²) in [6.07, 6.45) is 6.97. The molecule has 1 heterocycles. The maximum absolute atomic E-state index is 9.34. The third-order valence-corrected chi connectivity index (χ3v) is 2.64. The molecule has 2 heteroatoms. The quantitative estimate of drug-likeness (QED) is 0.763. The van der Waals surface area contributed by atoms with E-state index >= 15 is 0 Å². The van der Waals surface area contributed by atoms with Gasteiger partial charge < -0.3 is 5.11 Å². The number of hydrogen-bond acceptors (Lipinski definition) is 2. The average Bonchev–Trinajstić information content (AvgIpc) is 2.20. The number of β-amino-alcohol motifs (C(OH)–C–C–N with tert-alkyl or cyclic N) is 1. The molecule has 0 amide bonds. The van der Waals surface area contributed by atoms with Gasteiger partial charge in [0.25, 0.3) is 0 Å². The van der Waals surface area contributed by atoms with Crippen molar-refractivity contribution >= 4 is 0 Å².